The Balaban J connectivity index is 0.000000267. The van der Waals surface area contributed by atoms with Gasteiger partial charge in [0, 0.05) is 23.9 Å². The van der Waals surface area contributed by atoms with E-state index in [4.69, 9.17) is 17.3 Å². The average molecular weight is 590 g/mol. The molecule has 0 saturated heterocycles. The second-order valence-corrected chi connectivity index (χ2v) is 9.46. The van der Waals surface area contributed by atoms with E-state index in [1.54, 1.807) is 19.1 Å². The number of nitrogens with one attached hydrogen (secondary N) is 1. The van der Waals surface area contributed by atoms with Gasteiger partial charge in [-0.1, -0.05) is 54.4 Å². The highest BCUT2D eigenvalue weighted by Crippen LogP contribution is 2.32. The summed E-state index contributed by atoms with van der Waals surface area (Å²) in [5.41, 5.74) is 6.90. The molecule has 3 aromatic rings. The Morgan fingerprint density at radius 2 is 1.80 bits per heavy atom. The summed E-state index contributed by atoms with van der Waals surface area (Å²) in [5, 5.41) is 2.76. The number of alkyl halides is 5. The fraction of sp³-hybridized carbons (Fsp3) is 0.357. The zero-order chi connectivity index (χ0) is 29.9. The first-order chi connectivity index (χ1) is 18.8. The van der Waals surface area contributed by atoms with Gasteiger partial charge in [-0.15, -0.1) is 0 Å². The first kappa shape index (κ1) is 32.7. The third kappa shape index (κ3) is 11.0. The Morgan fingerprint density at radius 1 is 1.12 bits per heavy atom. The summed E-state index contributed by atoms with van der Waals surface area (Å²) in [7, 11) is 0. The number of primary amides is 1. The van der Waals surface area contributed by atoms with Gasteiger partial charge in [0.1, 0.15) is 17.7 Å². The maximum atomic E-state index is 13.6. The fourth-order valence-electron chi connectivity index (χ4n) is 3.70. The molecule has 2 aromatic carbocycles. The highest BCUT2D eigenvalue weighted by Gasteiger charge is 2.44. The van der Waals surface area contributed by atoms with Crippen molar-refractivity contribution in [1.29, 1.82) is 0 Å². The summed E-state index contributed by atoms with van der Waals surface area (Å²) in [6.07, 6.45) is -6.14. The highest BCUT2D eigenvalue weighted by atomic mass is 35.5. The van der Waals surface area contributed by atoms with Crippen LogP contribution >= 0.6 is 11.6 Å². The predicted octanol–water partition coefficient (Wildman–Crippen LogP) is 7.80. The molecule has 0 aliphatic heterocycles. The van der Waals surface area contributed by atoms with Crippen molar-refractivity contribution in [1.82, 2.24) is 10.3 Å². The molecule has 12 heteroatoms. The van der Waals surface area contributed by atoms with E-state index in [0.29, 0.717) is 29.6 Å². The lowest BCUT2D eigenvalue weighted by atomic mass is 9.97. The van der Waals surface area contributed by atoms with Crippen molar-refractivity contribution in [3.63, 3.8) is 0 Å². The van der Waals surface area contributed by atoms with E-state index in [1.165, 1.54) is 11.8 Å². The Morgan fingerprint density at radius 3 is 2.27 bits per heavy atom. The van der Waals surface area contributed by atoms with Gasteiger partial charge < -0.3 is 15.8 Å². The topological polar surface area (TPSA) is 77.2 Å². The predicted molar refractivity (Wildman–Crippen MR) is 141 cm³/mol. The molecule has 3 N–H and O–H groups in total. The van der Waals surface area contributed by atoms with Gasteiger partial charge in [-0.3, -0.25) is 4.98 Å². The van der Waals surface area contributed by atoms with Crippen LogP contribution in [0.1, 0.15) is 48.9 Å². The quantitative estimate of drug-likeness (QED) is 0.288. The Hall–Kier alpha value is -3.47. The molecule has 0 bridgehead atoms. The van der Waals surface area contributed by atoms with Crippen molar-refractivity contribution in [2.24, 2.45) is 5.73 Å². The Bertz CT molecular complexity index is 1200. The normalized spacial score (nSPS) is 17.1. The first-order valence-corrected chi connectivity index (χ1v) is 12.6. The zero-order valence-electron chi connectivity index (χ0n) is 21.8. The van der Waals surface area contributed by atoms with Crippen molar-refractivity contribution in [2.45, 2.75) is 63.8 Å². The summed E-state index contributed by atoms with van der Waals surface area (Å²) in [6.45, 7) is 3.74. The van der Waals surface area contributed by atoms with E-state index < -0.39 is 42.2 Å². The number of carbonyl (C=O) groups excluding carboxylic acids is 1. The average Bonchev–Trinajstić information content (AvgIpc) is 3.28. The van der Waals surface area contributed by atoms with Crippen molar-refractivity contribution in [2.75, 3.05) is 0 Å². The Kier molecular flexibility index (Phi) is 12.6. The molecule has 218 valence electrons. The van der Waals surface area contributed by atoms with Crippen LogP contribution in [0.3, 0.4) is 0 Å². The smallest absolute Gasteiger partial charge is 0.428 e. The van der Waals surface area contributed by atoms with Gasteiger partial charge in [-0.2, -0.15) is 17.6 Å². The molecule has 1 heterocycles. The van der Waals surface area contributed by atoms with E-state index in [0.717, 1.165) is 18.6 Å². The summed E-state index contributed by atoms with van der Waals surface area (Å²) >= 11 is 5.72. The van der Waals surface area contributed by atoms with Crippen LogP contribution in [0.25, 0.3) is 0 Å². The van der Waals surface area contributed by atoms with Gasteiger partial charge in [0.05, 0.1) is 11.1 Å². The number of aryl methyl sites for hydroxylation is 1. The van der Waals surface area contributed by atoms with Crippen LogP contribution in [-0.4, -0.2) is 35.8 Å². The van der Waals surface area contributed by atoms with Crippen molar-refractivity contribution >= 4 is 17.6 Å². The molecule has 4 rings (SSSR count). The van der Waals surface area contributed by atoms with Gasteiger partial charge >= 0.3 is 18.6 Å². The number of carbonyl (C=O) groups is 1. The number of pyridine rings is 1. The monoisotopic (exact) mass is 589 g/mol. The molecule has 1 saturated carbocycles. The van der Waals surface area contributed by atoms with Crippen LogP contribution in [0.2, 0.25) is 5.02 Å². The SMILES string of the molecule is C[C@@H](c1cc(F)cc(OC(F)(F)C(F)F)c1)c1ccc(Cl)cn1.Cc1ccccc1.NC(=O)N[C@@H]1CCC[C@@H]1F. The number of halogens is 7. The van der Waals surface area contributed by atoms with Crippen LogP contribution in [0.5, 0.6) is 5.75 Å². The van der Waals surface area contributed by atoms with Crippen molar-refractivity contribution < 1.29 is 35.9 Å². The largest absolute Gasteiger partial charge is 0.461 e. The van der Waals surface area contributed by atoms with E-state index in [-0.39, 0.29) is 11.6 Å². The minimum Gasteiger partial charge on any atom is -0.428 e. The Labute approximate surface area is 233 Å². The number of amides is 2. The fourth-order valence-corrected chi connectivity index (χ4v) is 3.82. The molecule has 2 amide bonds. The molecule has 1 aliphatic carbocycles. The number of aromatic nitrogens is 1. The third-order valence-corrected chi connectivity index (χ3v) is 6.02. The summed E-state index contributed by atoms with van der Waals surface area (Å²) in [6, 6.07) is 15.2. The van der Waals surface area contributed by atoms with Gasteiger partial charge in [-0.05, 0) is 56.0 Å². The molecule has 3 atom stereocenters. The molecular weight excluding hydrogens is 560 g/mol. The minimum atomic E-state index is -4.70. The van der Waals surface area contributed by atoms with Gasteiger partial charge in [0.2, 0.25) is 0 Å². The molecule has 5 nitrogen and oxygen atoms in total. The molecule has 1 fully saturated rings. The molecule has 1 aromatic heterocycles. The number of benzene rings is 2. The van der Waals surface area contributed by atoms with E-state index in [1.807, 2.05) is 18.2 Å². The second-order valence-electron chi connectivity index (χ2n) is 9.02. The van der Waals surface area contributed by atoms with Gasteiger partial charge in [0.15, 0.2) is 0 Å². The maximum absolute atomic E-state index is 13.6. The minimum absolute atomic E-state index is 0.250. The number of urea groups is 1. The lowest BCUT2D eigenvalue weighted by Crippen LogP contribution is -2.41. The van der Waals surface area contributed by atoms with E-state index in [2.05, 4.69) is 34.1 Å². The van der Waals surface area contributed by atoms with E-state index in [9.17, 15) is 31.1 Å². The maximum Gasteiger partial charge on any atom is 0.461 e. The van der Waals surface area contributed by atoms with Crippen molar-refractivity contribution in [3.8, 4) is 5.75 Å². The number of nitrogens with zero attached hydrogens (tertiary/aromatic N) is 1. The van der Waals surface area contributed by atoms with Crippen LogP contribution in [0.4, 0.5) is 31.1 Å². The third-order valence-electron chi connectivity index (χ3n) is 5.80. The first-order valence-electron chi connectivity index (χ1n) is 12.3. The van der Waals surface area contributed by atoms with Gasteiger partial charge in [-0.25, -0.2) is 13.6 Å². The number of ether oxygens (including phenoxy) is 1. The standard InChI is InChI=1S/C15H11ClF5NO.C7H8.C6H11FN2O/c1-8(13-3-2-10(16)7-22-13)9-4-11(17)6-12(5-9)23-15(20,21)14(18)19;1-7-5-3-2-4-6-7;7-4-2-1-3-5(4)9-6(8)10/h2-8,14H,1H3;2-6H,1H3;4-5H,1-3H2,(H3,8,9,10)/t8-;;4-,5+/m0.0/s1. The summed E-state index contributed by atoms with van der Waals surface area (Å²) in [4.78, 5) is 14.3. The van der Waals surface area contributed by atoms with E-state index >= 15 is 0 Å². The number of hydrogen-bond donors (Lipinski definition) is 2. The van der Waals surface area contributed by atoms with Crippen LogP contribution < -0.4 is 15.8 Å². The second kappa shape index (κ2) is 15.4. The lowest BCUT2D eigenvalue weighted by molar-refractivity contribution is -0.253. The molecular formula is C28H30ClF6N3O2. The molecule has 0 radical (unpaired) electrons. The number of rotatable bonds is 6. The van der Waals surface area contributed by atoms with Crippen LogP contribution in [0, 0.1) is 12.7 Å². The lowest BCUT2D eigenvalue weighted by Gasteiger charge is -2.18. The number of hydrogen-bond acceptors (Lipinski definition) is 3. The van der Waals surface area contributed by atoms with Crippen LogP contribution in [-0.2, 0) is 0 Å². The molecule has 40 heavy (non-hydrogen) atoms. The zero-order valence-corrected chi connectivity index (χ0v) is 22.5. The summed E-state index contributed by atoms with van der Waals surface area (Å²) < 4.78 is 80.4. The molecule has 0 unspecified atom stereocenters. The molecule has 1 aliphatic rings. The molecule has 0 spiro atoms. The van der Waals surface area contributed by atoms with Crippen LogP contribution in [0.15, 0.2) is 66.9 Å². The summed E-state index contributed by atoms with van der Waals surface area (Å²) in [5.74, 6) is -2.06. The van der Waals surface area contributed by atoms with Crippen molar-refractivity contribution in [3.05, 3.63) is 94.5 Å². The van der Waals surface area contributed by atoms with Gasteiger partial charge in [0.25, 0.3) is 0 Å². The highest BCUT2D eigenvalue weighted by molar-refractivity contribution is 6.30. The number of nitrogens with two attached hydrogens (primary N) is 1.